The number of rotatable bonds is 4. The van der Waals surface area contributed by atoms with Crippen molar-refractivity contribution in [1.82, 2.24) is 14.9 Å². The van der Waals surface area contributed by atoms with Gasteiger partial charge in [0.2, 0.25) is 0 Å². The van der Waals surface area contributed by atoms with Crippen LogP contribution in [-0.4, -0.2) is 47.7 Å². The third kappa shape index (κ3) is 3.72. The van der Waals surface area contributed by atoms with Crippen LogP contribution in [0.2, 0.25) is 0 Å². The van der Waals surface area contributed by atoms with E-state index >= 15 is 0 Å². The first-order valence-electron chi connectivity index (χ1n) is 10.1. The van der Waals surface area contributed by atoms with Gasteiger partial charge in [0.15, 0.2) is 0 Å². The van der Waals surface area contributed by atoms with E-state index in [-0.39, 0.29) is 18.2 Å². The van der Waals surface area contributed by atoms with E-state index in [9.17, 15) is 9.59 Å². The highest BCUT2D eigenvalue weighted by Crippen LogP contribution is 2.39. The van der Waals surface area contributed by atoms with Crippen LogP contribution in [0.1, 0.15) is 21.6 Å². The number of amides is 2. The van der Waals surface area contributed by atoms with Gasteiger partial charge in [0, 0.05) is 32.3 Å². The molecule has 2 aliphatic heterocycles. The van der Waals surface area contributed by atoms with Gasteiger partial charge in [0.05, 0.1) is 18.6 Å². The van der Waals surface area contributed by atoms with Crippen LogP contribution < -0.4 is 19.7 Å². The molecule has 5 rings (SSSR count). The van der Waals surface area contributed by atoms with Crippen LogP contribution >= 0.6 is 0 Å². The second kappa shape index (κ2) is 7.79. The standard InChI is InChI=1S/C23H22N4O4/c1-26-19-9-16-7-8-30-20(16)10-21(19)31-13-18(23(26)29)25-22(28)17-12-27(14-24-17)11-15-5-3-2-4-6-15/h2-6,9-10,12,14,18H,7-8,11,13H2,1H3,(H,25,28). The number of anilines is 1. The van der Waals surface area contributed by atoms with Gasteiger partial charge in [0.25, 0.3) is 11.8 Å². The van der Waals surface area contributed by atoms with Crippen molar-refractivity contribution in [3.05, 3.63) is 71.8 Å². The second-order valence-corrected chi connectivity index (χ2v) is 7.68. The number of imidazole rings is 1. The fourth-order valence-electron chi connectivity index (χ4n) is 3.86. The third-order valence-corrected chi connectivity index (χ3v) is 5.55. The van der Waals surface area contributed by atoms with Gasteiger partial charge in [0.1, 0.15) is 29.8 Å². The third-order valence-electron chi connectivity index (χ3n) is 5.55. The lowest BCUT2D eigenvalue weighted by Gasteiger charge is -2.20. The highest BCUT2D eigenvalue weighted by molar-refractivity contribution is 6.03. The number of hydrogen-bond donors (Lipinski definition) is 1. The lowest BCUT2D eigenvalue weighted by molar-refractivity contribution is -0.120. The van der Waals surface area contributed by atoms with E-state index in [1.165, 1.54) is 4.90 Å². The highest BCUT2D eigenvalue weighted by atomic mass is 16.5. The smallest absolute Gasteiger partial charge is 0.272 e. The van der Waals surface area contributed by atoms with E-state index in [0.29, 0.717) is 24.6 Å². The zero-order valence-electron chi connectivity index (χ0n) is 17.1. The van der Waals surface area contributed by atoms with Gasteiger partial charge < -0.3 is 24.3 Å². The van der Waals surface area contributed by atoms with Crippen LogP contribution in [-0.2, 0) is 17.8 Å². The Morgan fingerprint density at radius 3 is 2.87 bits per heavy atom. The summed E-state index contributed by atoms with van der Waals surface area (Å²) in [5.74, 6) is 0.694. The average molecular weight is 418 g/mol. The van der Waals surface area contributed by atoms with Crippen molar-refractivity contribution < 1.29 is 19.1 Å². The molecule has 2 aliphatic rings. The summed E-state index contributed by atoms with van der Waals surface area (Å²) in [7, 11) is 1.69. The maximum Gasteiger partial charge on any atom is 0.272 e. The van der Waals surface area contributed by atoms with Crippen molar-refractivity contribution in [3.63, 3.8) is 0 Å². The molecule has 0 spiro atoms. The summed E-state index contributed by atoms with van der Waals surface area (Å²) in [5, 5.41) is 2.76. The molecule has 3 aromatic rings. The largest absolute Gasteiger partial charge is 0.493 e. The number of likely N-dealkylation sites (N-methyl/N-ethyl adjacent to an activating group) is 1. The molecule has 0 saturated heterocycles. The van der Waals surface area contributed by atoms with Crippen LogP contribution in [0.3, 0.4) is 0 Å². The quantitative estimate of drug-likeness (QED) is 0.701. The molecule has 1 unspecified atom stereocenters. The predicted octanol–water partition coefficient (Wildman–Crippen LogP) is 2.02. The number of fused-ring (bicyclic) bond motifs is 2. The van der Waals surface area contributed by atoms with Crippen molar-refractivity contribution in [1.29, 1.82) is 0 Å². The van der Waals surface area contributed by atoms with Gasteiger partial charge >= 0.3 is 0 Å². The maximum atomic E-state index is 13.0. The van der Waals surface area contributed by atoms with Gasteiger partial charge in [-0.25, -0.2) is 4.98 Å². The van der Waals surface area contributed by atoms with Gasteiger partial charge in [-0.05, 0) is 17.2 Å². The number of carbonyl (C=O) groups is 2. The molecule has 1 aromatic heterocycles. The van der Waals surface area contributed by atoms with Gasteiger partial charge in [-0.3, -0.25) is 9.59 Å². The first-order chi connectivity index (χ1) is 15.1. The van der Waals surface area contributed by atoms with E-state index in [4.69, 9.17) is 9.47 Å². The highest BCUT2D eigenvalue weighted by Gasteiger charge is 2.32. The number of aromatic nitrogens is 2. The summed E-state index contributed by atoms with van der Waals surface area (Å²) < 4.78 is 13.3. The molecule has 0 fully saturated rings. The van der Waals surface area contributed by atoms with Crippen LogP contribution in [0.15, 0.2) is 55.0 Å². The number of carbonyl (C=O) groups excluding carboxylic acids is 2. The van der Waals surface area contributed by atoms with E-state index in [1.807, 2.05) is 47.0 Å². The van der Waals surface area contributed by atoms with Crippen LogP contribution in [0.5, 0.6) is 11.5 Å². The molecule has 2 amide bonds. The molecule has 0 radical (unpaired) electrons. The number of nitrogens with zero attached hydrogens (tertiary/aromatic N) is 3. The Labute approximate surface area is 179 Å². The summed E-state index contributed by atoms with van der Waals surface area (Å²) in [4.78, 5) is 31.5. The van der Waals surface area contributed by atoms with E-state index < -0.39 is 11.9 Å². The lowest BCUT2D eigenvalue weighted by Crippen LogP contribution is -2.49. The SMILES string of the molecule is CN1C(=O)C(NC(=O)c2cn(Cc3ccccc3)cn2)COc2cc3c(cc21)CCO3. The topological polar surface area (TPSA) is 85.7 Å². The summed E-state index contributed by atoms with van der Waals surface area (Å²) in [6.45, 7) is 1.27. The fraction of sp³-hybridized carbons (Fsp3) is 0.261. The Balaban J connectivity index is 1.29. The van der Waals surface area contributed by atoms with E-state index in [0.717, 1.165) is 23.3 Å². The first kappa shape index (κ1) is 19.2. The van der Waals surface area contributed by atoms with Crippen molar-refractivity contribution in [2.45, 2.75) is 19.0 Å². The van der Waals surface area contributed by atoms with Crippen LogP contribution in [0, 0.1) is 0 Å². The monoisotopic (exact) mass is 418 g/mol. The molecular weight excluding hydrogens is 396 g/mol. The number of benzene rings is 2. The van der Waals surface area contributed by atoms with Crippen molar-refractivity contribution in [3.8, 4) is 11.5 Å². The first-order valence-corrected chi connectivity index (χ1v) is 10.1. The molecule has 1 atom stereocenters. The average Bonchev–Trinajstić information content (AvgIpc) is 3.42. The maximum absolute atomic E-state index is 13.0. The molecular formula is C23H22N4O4. The Bertz CT molecular complexity index is 1140. The molecule has 31 heavy (non-hydrogen) atoms. The van der Waals surface area contributed by atoms with Crippen LogP contribution in [0.4, 0.5) is 5.69 Å². The van der Waals surface area contributed by atoms with E-state index in [1.54, 1.807) is 19.6 Å². The summed E-state index contributed by atoms with van der Waals surface area (Å²) in [6, 6.07) is 12.8. The minimum atomic E-state index is -0.820. The minimum absolute atomic E-state index is 0.0332. The Hall–Kier alpha value is -3.81. The van der Waals surface area contributed by atoms with Crippen LogP contribution in [0.25, 0.3) is 0 Å². The van der Waals surface area contributed by atoms with Gasteiger partial charge in [-0.2, -0.15) is 0 Å². The Kier molecular flexibility index (Phi) is 4.82. The normalized spacial score (nSPS) is 17.3. The lowest BCUT2D eigenvalue weighted by atomic mass is 10.1. The minimum Gasteiger partial charge on any atom is -0.493 e. The Morgan fingerprint density at radius 1 is 1.19 bits per heavy atom. The predicted molar refractivity (Wildman–Crippen MR) is 114 cm³/mol. The molecule has 0 bridgehead atoms. The van der Waals surface area contributed by atoms with E-state index in [2.05, 4.69) is 10.3 Å². The zero-order chi connectivity index (χ0) is 21.4. The zero-order valence-corrected chi connectivity index (χ0v) is 17.1. The summed E-state index contributed by atoms with van der Waals surface area (Å²) >= 11 is 0. The summed E-state index contributed by atoms with van der Waals surface area (Å²) in [6.07, 6.45) is 4.08. The van der Waals surface area contributed by atoms with Crippen molar-refractivity contribution >= 4 is 17.5 Å². The summed E-state index contributed by atoms with van der Waals surface area (Å²) in [5.41, 5.74) is 3.08. The number of ether oxygens (including phenoxy) is 2. The molecule has 158 valence electrons. The number of nitrogens with one attached hydrogen (secondary N) is 1. The Morgan fingerprint density at radius 2 is 2.03 bits per heavy atom. The molecule has 2 aromatic carbocycles. The molecule has 0 aliphatic carbocycles. The van der Waals surface area contributed by atoms with Crippen molar-refractivity contribution in [2.75, 3.05) is 25.2 Å². The fourth-order valence-corrected chi connectivity index (χ4v) is 3.86. The second-order valence-electron chi connectivity index (χ2n) is 7.68. The van der Waals surface area contributed by atoms with Gasteiger partial charge in [-0.15, -0.1) is 0 Å². The molecule has 8 heteroatoms. The van der Waals surface area contributed by atoms with Gasteiger partial charge in [-0.1, -0.05) is 30.3 Å². The molecule has 3 heterocycles. The number of hydrogen-bond acceptors (Lipinski definition) is 5. The molecule has 0 saturated carbocycles. The van der Waals surface area contributed by atoms with Crippen molar-refractivity contribution in [2.24, 2.45) is 0 Å². The molecule has 8 nitrogen and oxygen atoms in total. The molecule has 1 N–H and O–H groups in total.